The van der Waals surface area contributed by atoms with Gasteiger partial charge in [-0.05, 0) is 19.9 Å². The van der Waals surface area contributed by atoms with Gasteiger partial charge in [-0.2, -0.15) is 0 Å². The number of ether oxygens (including phenoxy) is 2. The lowest BCUT2D eigenvalue weighted by Crippen LogP contribution is -2.20. The molecule has 0 spiro atoms. The molecule has 0 fully saturated rings. The van der Waals surface area contributed by atoms with Crippen molar-refractivity contribution in [3.05, 3.63) is 24.0 Å². The predicted molar refractivity (Wildman–Crippen MR) is 61.8 cm³/mol. The molecule has 5 nitrogen and oxygen atoms in total. The minimum Gasteiger partial charge on any atom is -0.488 e. The molecule has 5 heteroatoms. The van der Waals surface area contributed by atoms with Gasteiger partial charge in [0.25, 0.3) is 0 Å². The summed E-state index contributed by atoms with van der Waals surface area (Å²) >= 11 is 0. The van der Waals surface area contributed by atoms with Crippen molar-refractivity contribution in [1.29, 1.82) is 5.41 Å². The van der Waals surface area contributed by atoms with Gasteiger partial charge < -0.3 is 15.2 Å². The van der Waals surface area contributed by atoms with Crippen LogP contribution in [0.1, 0.15) is 19.5 Å². The minimum atomic E-state index is -0.0667. The van der Waals surface area contributed by atoms with Crippen LogP contribution in [0.3, 0.4) is 0 Å². The van der Waals surface area contributed by atoms with Crippen molar-refractivity contribution in [2.24, 2.45) is 5.73 Å². The van der Waals surface area contributed by atoms with Crippen molar-refractivity contribution < 1.29 is 9.47 Å². The number of nitrogens with zero attached hydrogens (tertiary/aromatic N) is 1. The van der Waals surface area contributed by atoms with Gasteiger partial charge in [0.1, 0.15) is 23.4 Å². The average Bonchev–Trinajstić information content (AvgIpc) is 2.26. The minimum absolute atomic E-state index is 0.0397. The van der Waals surface area contributed by atoms with Gasteiger partial charge in [-0.15, -0.1) is 0 Å². The van der Waals surface area contributed by atoms with E-state index in [2.05, 4.69) is 4.98 Å². The molecule has 0 aliphatic carbocycles. The Labute approximate surface area is 95.1 Å². The second kappa shape index (κ2) is 6.07. The van der Waals surface area contributed by atoms with Crippen LogP contribution in [0.5, 0.6) is 5.75 Å². The lowest BCUT2D eigenvalue weighted by atomic mass is 10.3. The lowest BCUT2D eigenvalue weighted by Gasteiger charge is -2.14. The monoisotopic (exact) mass is 223 g/mol. The molecule has 1 aromatic heterocycles. The lowest BCUT2D eigenvalue weighted by molar-refractivity contribution is 0.0657. The van der Waals surface area contributed by atoms with Crippen LogP contribution in [-0.4, -0.2) is 30.1 Å². The average molecular weight is 223 g/mol. The zero-order valence-electron chi connectivity index (χ0n) is 9.56. The number of nitrogens with one attached hydrogen (secondary N) is 1. The Morgan fingerprint density at radius 1 is 1.62 bits per heavy atom. The normalized spacial score (nSPS) is 12.1. The largest absolute Gasteiger partial charge is 0.488 e. The van der Waals surface area contributed by atoms with Crippen LogP contribution in [0.4, 0.5) is 0 Å². The number of hydrogen-bond acceptors (Lipinski definition) is 4. The van der Waals surface area contributed by atoms with Crippen LogP contribution in [0.25, 0.3) is 0 Å². The van der Waals surface area contributed by atoms with E-state index in [0.29, 0.717) is 24.7 Å². The molecule has 0 saturated heterocycles. The third-order valence-corrected chi connectivity index (χ3v) is 1.90. The van der Waals surface area contributed by atoms with E-state index in [-0.39, 0.29) is 11.9 Å². The van der Waals surface area contributed by atoms with E-state index in [9.17, 15) is 0 Å². The van der Waals surface area contributed by atoms with Crippen LogP contribution < -0.4 is 10.5 Å². The number of aromatic nitrogens is 1. The molecule has 1 rings (SSSR count). The number of nitrogens with two attached hydrogens (primary N) is 1. The smallest absolute Gasteiger partial charge is 0.141 e. The summed E-state index contributed by atoms with van der Waals surface area (Å²) in [4.78, 5) is 3.95. The summed E-state index contributed by atoms with van der Waals surface area (Å²) < 4.78 is 10.8. The van der Waals surface area contributed by atoms with Crippen LogP contribution in [0.2, 0.25) is 0 Å². The summed E-state index contributed by atoms with van der Waals surface area (Å²) in [5, 5.41) is 7.26. The Morgan fingerprint density at radius 3 is 3.00 bits per heavy atom. The molecular weight excluding hydrogens is 206 g/mol. The van der Waals surface area contributed by atoms with Gasteiger partial charge in [0, 0.05) is 18.9 Å². The molecule has 0 aliphatic rings. The molecular formula is C11H17N3O2. The van der Waals surface area contributed by atoms with Crippen molar-refractivity contribution in [3.63, 3.8) is 0 Å². The molecule has 3 N–H and O–H groups in total. The maximum Gasteiger partial charge on any atom is 0.141 e. The fourth-order valence-corrected chi connectivity index (χ4v) is 1.18. The van der Waals surface area contributed by atoms with Crippen LogP contribution in [0.15, 0.2) is 18.3 Å². The maximum absolute atomic E-state index is 7.26. The fourth-order valence-electron chi connectivity index (χ4n) is 1.18. The van der Waals surface area contributed by atoms with Crippen molar-refractivity contribution in [2.75, 3.05) is 13.2 Å². The number of hydrogen-bond donors (Lipinski definition) is 2. The van der Waals surface area contributed by atoms with E-state index in [0.717, 1.165) is 0 Å². The van der Waals surface area contributed by atoms with Crippen molar-refractivity contribution in [3.8, 4) is 5.75 Å². The standard InChI is InChI=1S/C11H17N3O2/c1-3-15-7-8(2)16-9-4-5-14-10(6-9)11(12)13/h4-6,8H,3,7H2,1-2H3,(H3,12,13). The molecule has 0 saturated carbocycles. The molecule has 88 valence electrons. The second-order valence-corrected chi connectivity index (χ2v) is 3.38. The van der Waals surface area contributed by atoms with Gasteiger partial charge in [0.05, 0.1) is 6.61 Å². The number of rotatable bonds is 6. The number of amidine groups is 1. The van der Waals surface area contributed by atoms with Crippen molar-refractivity contribution >= 4 is 5.84 Å². The van der Waals surface area contributed by atoms with E-state index in [1.165, 1.54) is 0 Å². The van der Waals surface area contributed by atoms with Gasteiger partial charge in [-0.1, -0.05) is 0 Å². The summed E-state index contributed by atoms with van der Waals surface area (Å²) in [5.41, 5.74) is 5.75. The zero-order valence-corrected chi connectivity index (χ0v) is 9.56. The first-order chi connectivity index (χ1) is 7.63. The summed E-state index contributed by atoms with van der Waals surface area (Å²) in [7, 11) is 0. The predicted octanol–water partition coefficient (Wildman–Crippen LogP) is 1.17. The molecule has 1 heterocycles. The Morgan fingerprint density at radius 2 is 2.38 bits per heavy atom. The Hall–Kier alpha value is -1.62. The third-order valence-electron chi connectivity index (χ3n) is 1.90. The topological polar surface area (TPSA) is 81.2 Å². The van der Waals surface area contributed by atoms with Gasteiger partial charge >= 0.3 is 0 Å². The number of pyridine rings is 1. The molecule has 16 heavy (non-hydrogen) atoms. The first-order valence-electron chi connectivity index (χ1n) is 5.18. The van der Waals surface area contributed by atoms with Crippen LogP contribution >= 0.6 is 0 Å². The van der Waals surface area contributed by atoms with E-state index in [1.54, 1.807) is 18.3 Å². The SMILES string of the molecule is CCOCC(C)Oc1ccnc(C(=N)N)c1. The zero-order chi connectivity index (χ0) is 12.0. The van der Waals surface area contributed by atoms with Crippen LogP contribution in [0, 0.1) is 5.41 Å². The quantitative estimate of drug-likeness (QED) is 0.560. The van der Waals surface area contributed by atoms with Crippen molar-refractivity contribution in [2.45, 2.75) is 20.0 Å². The highest BCUT2D eigenvalue weighted by Gasteiger charge is 2.05. The summed E-state index contributed by atoms with van der Waals surface area (Å²) in [6.45, 7) is 5.06. The highest BCUT2D eigenvalue weighted by atomic mass is 16.5. The first-order valence-corrected chi connectivity index (χ1v) is 5.18. The summed E-state index contributed by atoms with van der Waals surface area (Å²) in [5.74, 6) is 0.579. The van der Waals surface area contributed by atoms with Gasteiger partial charge in [-0.25, -0.2) is 0 Å². The van der Waals surface area contributed by atoms with Crippen LogP contribution in [-0.2, 0) is 4.74 Å². The third kappa shape index (κ3) is 3.86. The molecule has 1 unspecified atom stereocenters. The second-order valence-electron chi connectivity index (χ2n) is 3.38. The Bertz CT molecular complexity index is 355. The fraction of sp³-hybridized carbons (Fsp3) is 0.455. The molecule has 0 amide bonds. The van der Waals surface area contributed by atoms with Crippen molar-refractivity contribution in [1.82, 2.24) is 4.98 Å². The van der Waals surface area contributed by atoms with E-state index in [1.807, 2.05) is 13.8 Å². The van der Waals surface area contributed by atoms with Gasteiger partial charge in [-0.3, -0.25) is 10.4 Å². The molecule has 0 aromatic carbocycles. The van der Waals surface area contributed by atoms with E-state index in [4.69, 9.17) is 20.6 Å². The van der Waals surface area contributed by atoms with Gasteiger partial charge in [0.15, 0.2) is 0 Å². The Balaban J connectivity index is 2.59. The van der Waals surface area contributed by atoms with Gasteiger partial charge in [0.2, 0.25) is 0 Å². The molecule has 1 atom stereocenters. The summed E-state index contributed by atoms with van der Waals surface area (Å²) in [6.07, 6.45) is 1.53. The molecule has 0 aliphatic heterocycles. The molecule has 1 aromatic rings. The Kier molecular flexibility index (Phi) is 4.72. The molecule has 0 bridgehead atoms. The molecule has 0 radical (unpaired) electrons. The number of nitrogen functional groups attached to an aromatic ring is 1. The maximum atomic E-state index is 7.26. The summed E-state index contributed by atoms with van der Waals surface area (Å²) in [6, 6.07) is 3.37. The highest BCUT2D eigenvalue weighted by molar-refractivity contribution is 5.93. The van der Waals surface area contributed by atoms with E-state index < -0.39 is 0 Å². The van der Waals surface area contributed by atoms with E-state index >= 15 is 0 Å². The highest BCUT2D eigenvalue weighted by Crippen LogP contribution is 2.12. The first kappa shape index (κ1) is 12.4.